The molecule has 17 heavy (non-hydrogen) atoms. The molecule has 0 aliphatic rings. The fourth-order valence-corrected chi connectivity index (χ4v) is 1.90. The van der Waals surface area contributed by atoms with E-state index in [1.54, 1.807) is 0 Å². The Bertz CT molecular complexity index is 497. The summed E-state index contributed by atoms with van der Waals surface area (Å²) in [5.74, 6) is 0. The van der Waals surface area contributed by atoms with Gasteiger partial charge in [0.25, 0.3) is 0 Å². The summed E-state index contributed by atoms with van der Waals surface area (Å²) in [6, 6.07) is 0.234. The maximum Gasteiger partial charge on any atom is 0.0853 e. The first-order valence-electron chi connectivity index (χ1n) is 5.87. The lowest BCUT2D eigenvalue weighted by Crippen LogP contribution is -2.06. The van der Waals surface area contributed by atoms with Crippen molar-refractivity contribution in [1.82, 2.24) is 19.6 Å². The minimum Gasteiger partial charge on any atom is -0.376 e. The van der Waals surface area contributed by atoms with Gasteiger partial charge in [0.15, 0.2) is 0 Å². The smallest absolute Gasteiger partial charge is 0.0853 e. The Labute approximate surface area is 101 Å². The van der Waals surface area contributed by atoms with Crippen LogP contribution in [0.1, 0.15) is 31.1 Å². The molecular weight excluding hydrogens is 214 g/mol. The molecule has 1 atom stereocenters. The number of hydrogen-bond acceptors (Lipinski definition) is 3. The average Bonchev–Trinajstić information content (AvgIpc) is 2.85. The van der Waals surface area contributed by atoms with Crippen LogP contribution in [0, 0.1) is 0 Å². The first kappa shape index (κ1) is 11.7. The molecule has 5 nitrogen and oxygen atoms in total. The first-order chi connectivity index (χ1) is 8.10. The van der Waals surface area contributed by atoms with Gasteiger partial charge in [-0.2, -0.15) is 10.2 Å². The fraction of sp³-hybridized carbons (Fsp3) is 0.500. The average molecular weight is 233 g/mol. The van der Waals surface area contributed by atoms with E-state index in [-0.39, 0.29) is 6.04 Å². The van der Waals surface area contributed by atoms with Crippen LogP contribution in [0.4, 0.5) is 5.69 Å². The second-order valence-electron chi connectivity index (χ2n) is 4.33. The number of hydrogen-bond donors (Lipinski definition) is 1. The van der Waals surface area contributed by atoms with Crippen molar-refractivity contribution in [3.8, 4) is 0 Å². The molecule has 0 bridgehead atoms. The van der Waals surface area contributed by atoms with Crippen molar-refractivity contribution in [3.05, 3.63) is 29.8 Å². The minimum atomic E-state index is 0.234. The molecule has 1 unspecified atom stereocenters. The Balaban J connectivity index is 2.14. The molecule has 1 N–H and O–H groups in total. The molecule has 0 aliphatic carbocycles. The van der Waals surface area contributed by atoms with Crippen molar-refractivity contribution < 1.29 is 0 Å². The van der Waals surface area contributed by atoms with Gasteiger partial charge in [-0.15, -0.1) is 0 Å². The van der Waals surface area contributed by atoms with Crippen LogP contribution in [-0.2, 0) is 20.5 Å². The van der Waals surface area contributed by atoms with E-state index >= 15 is 0 Å². The van der Waals surface area contributed by atoms with E-state index in [4.69, 9.17) is 0 Å². The molecule has 0 aromatic carbocycles. The van der Waals surface area contributed by atoms with Crippen LogP contribution in [0.5, 0.6) is 0 Å². The summed E-state index contributed by atoms with van der Waals surface area (Å²) in [5.41, 5.74) is 3.38. The molecule has 0 saturated carbocycles. The van der Waals surface area contributed by atoms with Gasteiger partial charge < -0.3 is 5.32 Å². The van der Waals surface area contributed by atoms with E-state index in [9.17, 15) is 0 Å². The topological polar surface area (TPSA) is 47.7 Å². The number of nitrogens with one attached hydrogen (secondary N) is 1. The van der Waals surface area contributed by atoms with Crippen LogP contribution >= 0.6 is 0 Å². The Hall–Kier alpha value is -1.78. The lowest BCUT2D eigenvalue weighted by molar-refractivity contribution is 0.746. The van der Waals surface area contributed by atoms with Gasteiger partial charge in [-0.05, 0) is 13.3 Å². The Morgan fingerprint density at radius 3 is 2.65 bits per heavy atom. The highest BCUT2D eigenvalue weighted by Crippen LogP contribution is 2.21. The van der Waals surface area contributed by atoms with Crippen LogP contribution in [0.15, 0.2) is 18.6 Å². The van der Waals surface area contributed by atoms with Crippen LogP contribution in [0.2, 0.25) is 0 Å². The van der Waals surface area contributed by atoms with Gasteiger partial charge in [-0.3, -0.25) is 9.36 Å². The molecule has 2 aromatic heterocycles. The van der Waals surface area contributed by atoms with E-state index in [2.05, 4.69) is 29.4 Å². The van der Waals surface area contributed by atoms with Crippen LogP contribution in [0.25, 0.3) is 0 Å². The number of rotatable bonds is 4. The van der Waals surface area contributed by atoms with Gasteiger partial charge in [0.05, 0.1) is 23.6 Å². The minimum absolute atomic E-state index is 0.234. The fourth-order valence-electron chi connectivity index (χ4n) is 1.90. The van der Waals surface area contributed by atoms with E-state index < -0.39 is 0 Å². The number of aromatic nitrogens is 4. The second kappa shape index (κ2) is 4.61. The van der Waals surface area contributed by atoms with Gasteiger partial charge in [-0.1, -0.05) is 6.92 Å². The molecule has 92 valence electrons. The highest BCUT2D eigenvalue weighted by Gasteiger charge is 2.11. The van der Waals surface area contributed by atoms with Gasteiger partial charge in [0.1, 0.15) is 0 Å². The summed E-state index contributed by atoms with van der Waals surface area (Å²) in [5, 5.41) is 12.1. The number of nitrogens with zero attached hydrogens (tertiary/aromatic N) is 4. The monoisotopic (exact) mass is 233 g/mol. The predicted octanol–water partition coefficient (Wildman–Crippen LogP) is 1.89. The van der Waals surface area contributed by atoms with E-state index in [1.807, 2.05) is 42.0 Å². The van der Waals surface area contributed by atoms with Gasteiger partial charge in [0, 0.05) is 32.1 Å². The lowest BCUT2D eigenvalue weighted by Gasteiger charge is -2.12. The molecule has 2 aromatic rings. The van der Waals surface area contributed by atoms with Gasteiger partial charge >= 0.3 is 0 Å². The van der Waals surface area contributed by atoms with Gasteiger partial charge in [0.2, 0.25) is 0 Å². The summed E-state index contributed by atoms with van der Waals surface area (Å²) in [6.45, 7) is 4.24. The number of anilines is 1. The van der Waals surface area contributed by atoms with Crippen molar-refractivity contribution >= 4 is 5.69 Å². The van der Waals surface area contributed by atoms with Crippen molar-refractivity contribution in [1.29, 1.82) is 0 Å². The summed E-state index contributed by atoms with van der Waals surface area (Å²) in [6.07, 6.45) is 6.87. The predicted molar refractivity (Wildman–Crippen MR) is 67.8 cm³/mol. The van der Waals surface area contributed by atoms with Gasteiger partial charge in [-0.25, -0.2) is 0 Å². The largest absolute Gasteiger partial charge is 0.376 e. The maximum atomic E-state index is 4.41. The standard InChI is InChI=1S/C12H19N5/c1-5-11-12(8-17(4)15-11)14-9(2)10-6-13-16(3)7-10/h6-9,14H,5H2,1-4H3. The van der Waals surface area contributed by atoms with E-state index in [1.165, 1.54) is 5.56 Å². The van der Waals surface area contributed by atoms with Crippen LogP contribution in [0.3, 0.4) is 0 Å². The van der Waals surface area contributed by atoms with E-state index in [0.29, 0.717) is 0 Å². The summed E-state index contributed by atoms with van der Waals surface area (Å²) in [4.78, 5) is 0. The molecule has 0 spiro atoms. The van der Waals surface area contributed by atoms with Crippen LogP contribution < -0.4 is 5.32 Å². The van der Waals surface area contributed by atoms with Crippen molar-refractivity contribution in [2.75, 3.05) is 5.32 Å². The Morgan fingerprint density at radius 2 is 2.06 bits per heavy atom. The summed E-state index contributed by atoms with van der Waals surface area (Å²) in [7, 11) is 3.87. The highest BCUT2D eigenvalue weighted by molar-refractivity contribution is 5.48. The van der Waals surface area contributed by atoms with Crippen molar-refractivity contribution in [2.24, 2.45) is 14.1 Å². The molecule has 5 heteroatoms. The third-order valence-electron chi connectivity index (χ3n) is 2.84. The Kier molecular flexibility index (Phi) is 3.17. The molecule has 0 fully saturated rings. The second-order valence-corrected chi connectivity index (χ2v) is 4.33. The third-order valence-corrected chi connectivity index (χ3v) is 2.84. The maximum absolute atomic E-state index is 4.41. The zero-order valence-corrected chi connectivity index (χ0v) is 10.8. The quantitative estimate of drug-likeness (QED) is 0.877. The zero-order chi connectivity index (χ0) is 12.4. The molecule has 0 amide bonds. The molecule has 2 rings (SSSR count). The molecule has 0 aliphatic heterocycles. The third kappa shape index (κ3) is 2.49. The molecular formula is C12H19N5. The lowest BCUT2D eigenvalue weighted by atomic mass is 10.2. The SMILES string of the molecule is CCc1nn(C)cc1NC(C)c1cnn(C)c1. The summed E-state index contributed by atoms with van der Waals surface area (Å²) >= 11 is 0. The van der Waals surface area contributed by atoms with Crippen molar-refractivity contribution in [3.63, 3.8) is 0 Å². The van der Waals surface area contributed by atoms with Crippen molar-refractivity contribution in [2.45, 2.75) is 26.3 Å². The molecule has 0 radical (unpaired) electrons. The Morgan fingerprint density at radius 1 is 1.29 bits per heavy atom. The van der Waals surface area contributed by atoms with E-state index in [0.717, 1.165) is 17.8 Å². The normalized spacial score (nSPS) is 12.7. The highest BCUT2D eigenvalue weighted by atomic mass is 15.3. The molecule has 2 heterocycles. The zero-order valence-electron chi connectivity index (χ0n) is 10.8. The summed E-state index contributed by atoms with van der Waals surface area (Å²) < 4.78 is 3.66. The first-order valence-corrected chi connectivity index (χ1v) is 5.87. The molecule has 0 saturated heterocycles. The number of aryl methyl sites for hydroxylation is 3. The van der Waals surface area contributed by atoms with Crippen LogP contribution in [-0.4, -0.2) is 19.6 Å².